The second-order valence-electron chi connectivity index (χ2n) is 6.50. The fourth-order valence-electron chi connectivity index (χ4n) is 3.62. The van der Waals surface area contributed by atoms with Crippen molar-refractivity contribution in [2.24, 2.45) is 5.92 Å². The maximum atomic E-state index is 12.5. The molecule has 0 saturated carbocycles. The summed E-state index contributed by atoms with van der Waals surface area (Å²) >= 11 is 15.3. The van der Waals surface area contributed by atoms with Crippen LogP contribution in [0.1, 0.15) is 27.2 Å². The van der Waals surface area contributed by atoms with E-state index in [1.165, 1.54) is 11.8 Å². The highest BCUT2D eigenvalue weighted by Gasteiger charge is 2.46. The Morgan fingerprint density at radius 1 is 1.14 bits per heavy atom. The molecule has 0 amide bonds. The fraction of sp³-hybridized carbons (Fsp3) is 0.200. The SMILES string of the molecule is COc1ccc([C@H]2Sc3[nH]c(=O)sc3[C@@H](c3c(Cl)cccc3Cl)[C@@H]2C(=O)O)cc1. The Hall–Kier alpha value is -1.93. The molecule has 0 fully saturated rings. The molecule has 1 aliphatic rings. The minimum absolute atomic E-state index is 0.241. The van der Waals surface area contributed by atoms with Crippen LogP contribution in [0.4, 0.5) is 0 Å². The summed E-state index contributed by atoms with van der Waals surface area (Å²) in [6, 6.07) is 12.3. The predicted octanol–water partition coefficient (Wildman–Crippen LogP) is 5.43. The number of halogens is 2. The van der Waals surface area contributed by atoms with Gasteiger partial charge < -0.3 is 14.8 Å². The number of H-pyrrole nitrogens is 1. The van der Waals surface area contributed by atoms with Gasteiger partial charge >= 0.3 is 10.8 Å². The van der Waals surface area contributed by atoms with E-state index in [0.29, 0.717) is 31.3 Å². The molecule has 5 nitrogen and oxygen atoms in total. The van der Waals surface area contributed by atoms with E-state index in [1.54, 1.807) is 37.4 Å². The molecular weight excluding hydrogens is 453 g/mol. The summed E-state index contributed by atoms with van der Waals surface area (Å²) < 4.78 is 5.21. The lowest BCUT2D eigenvalue weighted by atomic mass is 9.80. The van der Waals surface area contributed by atoms with Crippen LogP contribution >= 0.6 is 46.3 Å². The molecule has 0 saturated heterocycles. The number of methoxy groups -OCH3 is 1. The molecule has 0 bridgehead atoms. The van der Waals surface area contributed by atoms with Gasteiger partial charge in [-0.15, -0.1) is 0 Å². The van der Waals surface area contributed by atoms with Crippen LogP contribution in [0.2, 0.25) is 10.0 Å². The zero-order valence-electron chi connectivity index (χ0n) is 15.0. The number of nitrogens with one attached hydrogen (secondary N) is 1. The summed E-state index contributed by atoms with van der Waals surface area (Å²) in [5, 5.41) is 11.2. The van der Waals surface area contributed by atoms with E-state index in [2.05, 4.69) is 4.98 Å². The van der Waals surface area contributed by atoms with Crippen molar-refractivity contribution >= 4 is 52.3 Å². The van der Waals surface area contributed by atoms with Crippen LogP contribution in [0.25, 0.3) is 0 Å². The predicted molar refractivity (Wildman–Crippen MR) is 116 cm³/mol. The fourth-order valence-corrected chi connectivity index (χ4v) is 6.83. The van der Waals surface area contributed by atoms with Crippen molar-refractivity contribution in [3.8, 4) is 5.75 Å². The monoisotopic (exact) mass is 467 g/mol. The molecule has 2 N–H and O–H groups in total. The van der Waals surface area contributed by atoms with Crippen LogP contribution in [0.3, 0.4) is 0 Å². The van der Waals surface area contributed by atoms with Crippen LogP contribution in [-0.2, 0) is 4.79 Å². The lowest BCUT2D eigenvalue weighted by Crippen LogP contribution is -2.31. The average molecular weight is 468 g/mol. The van der Waals surface area contributed by atoms with Crippen molar-refractivity contribution in [1.82, 2.24) is 4.98 Å². The van der Waals surface area contributed by atoms with Crippen LogP contribution < -0.4 is 9.61 Å². The van der Waals surface area contributed by atoms with E-state index in [1.807, 2.05) is 12.1 Å². The van der Waals surface area contributed by atoms with E-state index in [9.17, 15) is 14.7 Å². The van der Waals surface area contributed by atoms with Gasteiger partial charge in [0.1, 0.15) is 5.75 Å². The Morgan fingerprint density at radius 2 is 1.79 bits per heavy atom. The number of ether oxygens (including phenoxy) is 1. The van der Waals surface area contributed by atoms with Crippen LogP contribution in [0.15, 0.2) is 52.3 Å². The first-order chi connectivity index (χ1) is 13.9. The number of carbonyl (C=O) groups is 1. The number of hydrogen-bond donors (Lipinski definition) is 2. The van der Waals surface area contributed by atoms with Crippen molar-refractivity contribution < 1.29 is 14.6 Å². The van der Waals surface area contributed by atoms with Gasteiger partial charge in [0.15, 0.2) is 0 Å². The first-order valence-electron chi connectivity index (χ1n) is 8.61. The third-order valence-electron chi connectivity index (χ3n) is 4.89. The van der Waals surface area contributed by atoms with Crippen LogP contribution in [0.5, 0.6) is 5.75 Å². The Balaban J connectivity index is 1.93. The van der Waals surface area contributed by atoms with Gasteiger partial charge in [0.05, 0.1) is 23.3 Å². The van der Waals surface area contributed by atoms with Gasteiger partial charge in [-0.25, -0.2) is 0 Å². The molecule has 3 aromatic rings. The molecular formula is C20H15Cl2NO4S2. The topological polar surface area (TPSA) is 79.4 Å². The number of rotatable bonds is 4. The van der Waals surface area contributed by atoms with E-state index in [-0.39, 0.29) is 4.87 Å². The zero-order chi connectivity index (χ0) is 20.7. The lowest BCUT2D eigenvalue weighted by molar-refractivity contribution is -0.142. The number of aliphatic carboxylic acids is 1. The highest BCUT2D eigenvalue weighted by Crippen LogP contribution is 2.57. The standard InChI is InChI=1S/C20H15Cl2NO4S2/c1-27-10-7-5-9(6-8-10)16-15(19(24)25)14(13-11(21)3-2-4-12(13)22)17-18(28-16)23-20(26)29-17/h2-8,14-16H,1H3,(H,23,26)(H,24,25)/t14-,15-,16+/m0/s1. The van der Waals surface area contributed by atoms with Crippen molar-refractivity contribution in [3.05, 3.63) is 78.2 Å². The third kappa shape index (κ3) is 3.68. The van der Waals surface area contributed by atoms with E-state index in [0.717, 1.165) is 16.9 Å². The number of aromatic amines is 1. The first-order valence-corrected chi connectivity index (χ1v) is 11.1. The maximum absolute atomic E-state index is 12.5. The molecule has 2 heterocycles. The summed E-state index contributed by atoms with van der Waals surface area (Å²) in [5.41, 5.74) is 1.34. The normalized spacial score (nSPS) is 20.9. The van der Waals surface area contributed by atoms with Crippen molar-refractivity contribution in [2.45, 2.75) is 16.2 Å². The number of hydrogen-bond acceptors (Lipinski definition) is 5. The molecule has 150 valence electrons. The Kier molecular flexibility index (Phi) is 5.66. The van der Waals surface area contributed by atoms with Crippen molar-refractivity contribution in [3.63, 3.8) is 0 Å². The summed E-state index contributed by atoms with van der Waals surface area (Å²) in [6.07, 6.45) is 0. The van der Waals surface area contributed by atoms with Crippen LogP contribution in [-0.4, -0.2) is 23.2 Å². The van der Waals surface area contributed by atoms with E-state index < -0.39 is 23.1 Å². The number of aromatic nitrogens is 1. The highest BCUT2D eigenvalue weighted by molar-refractivity contribution is 7.99. The molecule has 4 rings (SSSR count). The molecule has 29 heavy (non-hydrogen) atoms. The molecule has 0 unspecified atom stereocenters. The summed E-state index contributed by atoms with van der Waals surface area (Å²) in [4.78, 5) is 27.8. The third-order valence-corrected chi connectivity index (χ3v) is 8.03. The quantitative estimate of drug-likeness (QED) is 0.534. The van der Waals surface area contributed by atoms with Crippen molar-refractivity contribution in [1.29, 1.82) is 0 Å². The zero-order valence-corrected chi connectivity index (χ0v) is 18.2. The smallest absolute Gasteiger partial charge is 0.308 e. The molecule has 3 atom stereocenters. The average Bonchev–Trinajstić information content (AvgIpc) is 3.07. The summed E-state index contributed by atoms with van der Waals surface area (Å²) in [7, 11) is 1.57. The molecule has 0 spiro atoms. The van der Waals surface area contributed by atoms with Gasteiger partial charge in [0.25, 0.3) is 0 Å². The highest BCUT2D eigenvalue weighted by atomic mass is 35.5. The Bertz CT molecular complexity index is 1110. The maximum Gasteiger partial charge on any atom is 0.308 e. The summed E-state index contributed by atoms with van der Waals surface area (Å²) in [6.45, 7) is 0. The number of thiazole rings is 1. The first kappa shape index (κ1) is 20.3. The van der Waals surface area contributed by atoms with E-state index in [4.69, 9.17) is 27.9 Å². The molecule has 0 aliphatic carbocycles. The number of benzene rings is 2. The van der Waals surface area contributed by atoms with Crippen molar-refractivity contribution in [2.75, 3.05) is 7.11 Å². The van der Waals surface area contributed by atoms with Gasteiger partial charge in [-0.3, -0.25) is 9.59 Å². The number of fused-ring (bicyclic) bond motifs is 1. The van der Waals surface area contributed by atoms with E-state index >= 15 is 0 Å². The van der Waals surface area contributed by atoms with Crippen LogP contribution in [0, 0.1) is 5.92 Å². The Morgan fingerprint density at radius 3 is 2.38 bits per heavy atom. The Labute approximate surface area is 184 Å². The lowest BCUT2D eigenvalue weighted by Gasteiger charge is -2.35. The molecule has 1 aromatic heterocycles. The number of carboxylic acid groups (broad SMARTS) is 1. The molecule has 9 heteroatoms. The largest absolute Gasteiger partial charge is 0.497 e. The van der Waals surface area contributed by atoms with Gasteiger partial charge in [-0.2, -0.15) is 0 Å². The van der Waals surface area contributed by atoms with Gasteiger partial charge in [-0.1, -0.05) is 64.5 Å². The summed E-state index contributed by atoms with van der Waals surface area (Å²) in [5.74, 6) is -1.83. The molecule has 0 radical (unpaired) electrons. The van der Waals surface area contributed by atoms with Gasteiger partial charge in [0.2, 0.25) is 0 Å². The second-order valence-corrected chi connectivity index (χ2v) is 9.48. The number of carboxylic acids is 1. The minimum Gasteiger partial charge on any atom is -0.497 e. The van der Waals surface area contributed by atoms with Gasteiger partial charge in [-0.05, 0) is 35.4 Å². The molecule has 1 aliphatic heterocycles. The second kappa shape index (κ2) is 8.07. The van der Waals surface area contributed by atoms with Gasteiger partial charge in [0, 0.05) is 20.8 Å². The minimum atomic E-state index is -0.981. The number of thioether (sulfide) groups is 1. The molecule has 2 aromatic carbocycles.